The van der Waals surface area contributed by atoms with Crippen molar-refractivity contribution in [1.82, 2.24) is 15.5 Å². The van der Waals surface area contributed by atoms with Crippen LogP contribution >= 0.6 is 0 Å². The van der Waals surface area contributed by atoms with Crippen molar-refractivity contribution in [3.05, 3.63) is 95.6 Å². The lowest BCUT2D eigenvalue weighted by Gasteiger charge is -2.43. The minimum absolute atomic E-state index is 0.0213. The van der Waals surface area contributed by atoms with Crippen molar-refractivity contribution in [1.29, 1.82) is 0 Å². The summed E-state index contributed by atoms with van der Waals surface area (Å²) in [7, 11) is 0. The van der Waals surface area contributed by atoms with Crippen LogP contribution in [0.15, 0.2) is 84.4 Å². The molecule has 0 spiro atoms. The van der Waals surface area contributed by atoms with E-state index in [1.54, 1.807) is 24.3 Å². The molecule has 5 N–H and O–H groups in total. The zero-order chi connectivity index (χ0) is 39.1. The maximum atomic E-state index is 15.4. The maximum absolute atomic E-state index is 15.4. The molecule has 0 unspecified atom stereocenters. The fourth-order valence-corrected chi connectivity index (χ4v) is 6.50. The molecule has 0 saturated heterocycles. The fourth-order valence-electron chi connectivity index (χ4n) is 6.50. The number of amides is 4. The number of carbonyl (C=O) groups is 4. The summed E-state index contributed by atoms with van der Waals surface area (Å²) >= 11 is 0. The highest BCUT2D eigenvalue weighted by molar-refractivity contribution is 6.05. The second-order valence-corrected chi connectivity index (χ2v) is 14.7. The second-order valence-electron chi connectivity index (χ2n) is 14.7. The number of aliphatic hydroxyl groups is 1. The number of fused-ring (bicyclic) bond motifs is 1. The molecule has 0 aliphatic carbocycles. The van der Waals surface area contributed by atoms with Gasteiger partial charge in [-0.2, -0.15) is 0 Å². The van der Waals surface area contributed by atoms with Crippen LogP contribution in [0, 0.1) is 11.8 Å². The van der Waals surface area contributed by atoms with Crippen LogP contribution in [0.4, 0.5) is 4.79 Å². The molecule has 4 amide bonds. The third-order valence-electron chi connectivity index (χ3n) is 9.19. The van der Waals surface area contributed by atoms with Gasteiger partial charge in [-0.15, -0.1) is 0 Å². The molecule has 10 nitrogen and oxygen atoms in total. The van der Waals surface area contributed by atoms with Gasteiger partial charge in [0.25, 0.3) is 5.91 Å². The molecule has 0 aliphatic heterocycles. The highest BCUT2D eigenvalue weighted by Crippen LogP contribution is 2.40. The van der Waals surface area contributed by atoms with Gasteiger partial charge in [-0.25, -0.2) is 9.69 Å². The Morgan fingerprint density at radius 1 is 0.887 bits per heavy atom. The molecule has 0 radical (unpaired) electrons. The standard InChI is InChI=1S/C43H60N4O6/c1-8-10-24-43(36-23-16-21-33-20-14-15-22-35(33)36,47(40(50)31(7)44)42(52)53-28-32-18-12-11-13-19-32)41(51)46-37(25-29(3)4)38(48)26-34(17-9-2)39(49)45-27-30(5)6/h11-16,18-23,26,29-31,37-38,48H,8-10,17,24-25,27-28,44H2,1-7H3,(H,45,49)(H,46,51)/t31-,37-,38-,43+/m0/s1. The Morgan fingerprint density at radius 2 is 1.55 bits per heavy atom. The van der Waals surface area contributed by atoms with E-state index in [-0.39, 0.29) is 30.8 Å². The van der Waals surface area contributed by atoms with Gasteiger partial charge in [-0.05, 0) is 66.0 Å². The first kappa shape index (κ1) is 42.9. The molecule has 4 atom stereocenters. The van der Waals surface area contributed by atoms with Gasteiger partial charge in [-0.3, -0.25) is 14.4 Å². The summed E-state index contributed by atoms with van der Waals surface area (Å²) in [5, 5.41) is 19.3. The van der Waals surface area contributed by atoms with Crippen LogP contribution in [0.3, 0.4) is 0 Å². The average Bonchev–Trinajstić information content (AvgIpc) is 3.13. The number of hydrogen-bond donors (Lipinski definition) is 4. The van der Waals surface area contributed by atoms with E-state index in [2.05, 4.69) is 10.6 Å². The molecule has 3 rings (SSSR count). The van der Waals surface area contributed by atoms with Gasteiger partial charge in [0, 0.05) is 12.1 Å². The number of nitrogens with zero attached hydrogens (tertiary/aromatic N) is 1. The van der Waals surface area contributed by atoms with Crippen molar-refractivity contribution in [2.45, 2.75) is 117 Å². The number of aliphatic hydroxyl groups excluding tert-OH is 1. The number of hydrogen-bond acceptors (Lipinski definition) is 7. The number of ether oxygens (including phenoxy) is 1. The van der Waals surface area contributed by atoms with Gasteiger partial charge in [0.1, 0.15) is 6.61 Å². The Labute approximate surface area is 315 Å². The molecular formula is C43H60N4O6. The molecule has 10 heteroatoms. The van der Waals surface area contributed by atoms with Crippen LogP contribution in [0.2, 0.25) is 0 Å². The highest BCUT2D eigenvalue weighted by atomic mass is 16.6. The number of rotatable bonds is 19. The van der Waals surface area contributed by atoms with Crippen LogP contribution in [0.5, 0.6) is 0 Å². The summed E-state index contributed by atoms with van der Waals surface area (Å²) in [6, 6.07) is 20.0. The van der Waals surface area contributed by atoms with Crippen LogP contribution in [0.25, 0.3) is 10.8 Å². The molecule has 3 aromatic rings. The Bertz CT molecular complexity index is 1680. The monoisotopic (exact) mass is 728 g/mol. The highest BCUT2D eigenvalue weighted by Gasteiger charge is 2.53. The van der Waals surface area contributed by atoms with E-state index in [1.165, 1.54) is 13.0 Å². The van der Waals surface area contributed by atoms with E-state index in [4.69, 9.17) is 10.5 Å². The van der Waals surface area contributed by atoms with Crippen molar-refractivity contribution in [3.8, 4) is 0 Å². The third-order valence-corrected chi connectivity index (χ3v) is 9.19. The van der Waals surface area contributed by atoms with E-state index in [0.29, 0.717) is 60.7 Å². The van der Waals surface area contributed by atoms with Gasteiger partial charge in [0.15, 0.2) is 5.54 Å². The van der Waals surface area contributed by atoms with E-state index < -0.39 is 41.6 Å². The molecule has 288 valence electrons. The molecule has 0 saturated carbocycles. The molecule has 0 aliphatic rings. The van der Waals surface area contributed by atoms with E-state index in [9.17, 15) is 19.5 Å². The summed E-state index contributed by atoms with van der Waals surface area (Å²) in [5.41, 5.74) is 5.88. The first-order chi connectivity index (χ1) is 25.3. The van der Waals surface area contributed by atoms with Gasteiger partial charge in [-0.1, -0.05) is 134 Å². The number of carbonyl (C=O) groups excluding carboxylic acids is 4. The summed E-state index contributed by atoms with van der Waals surface area (Å²) < 4.78 is 5.82. The van der Waals surface area contributed by atoms with Crippen LogP contribution < -0.4 is 16.4 Å². The number of imide groups is 1. The second kappa shape index (κ2) is 20.6. The molecule has 0 heterocycles. The van der Waals surface area contributed by atoms with Crippen molar-refractivity contribution >= 4 is 34.6 Å². The molecule has 0 aromatic heterocycles. The largest absolute Gasteiger partial charge is 0.444 e. The summed E-state index contributed by atoms with van der Waals surface area (Å²) in [6.07, 6.45) is 1.87. The van der Waals surface area contributed by atoms with Crippen LogP contribution in [-0.2, 0) is 31.3 Å². The summed E-state index contributed by atoms with van der Waals surface area (Å²) in [6.45, 7) is 13.7. The first-order valence-electron chi connectivity index (χ1n) is 19.0. The lowest BCUT2D eigenvalue weighted by atomic mass is 9.79. The number of nitrogens with one attached hydrogen (secondary N) is 2. The molecule has 0 fully saturated rings. The van der Waals surface area contributed by atoms with Gasteiger partial charge in [0.2, 0.25) is 11.8 Å². The van der Waals surface area contributed by atoms with E-state index in [0.717, 1.165) is 10.3 Å². The molecular weight excluding hydrogens is 668 g/mol. The number of unbranched alkanes of at least 4 members (excludes halogenated alkanes) is 1. The van der Waals surface area contributed by atoms with Gasteiger partial charge >= 0.3 is 6.09 Å². The topological polar surface area (TPSA) is 151 Å². The number of benzene rings is 3. The van der Waals surface area contributed by atoms with Crippen LogP contribution in [-0.4, -0.2) is 58.6 Å². The predicted octanol–water partition coefficient (Wildman–Crippen LogP) is 7.13. The van der Waals surface area contributed by atoms with Crippen molar-refractivity contribution in [2.75, 3.05) is 6.54 Å². The van der Waals surface area contributed by atoms with Crippen LogP contribution in [0.1, 0.15) is 98.1 Å². The minimum Gasteiger partial charge on any atom is -0.444 e. The van der Waals surface area contributed by atoms with Crippen molar-refractivity contribution in [3.63, 3.8) is 0 Å². The lowest BCUT2D eigenvalue weighted by molar-refractivity contribution is -0.148. The van der Waals surface area contributed by atoms with Gasteiger partial charge < -0.3 is 26.2 Å². The fraction of sp³-hybridized carbons (Fsp3) is 0.488. The Hall–Kier alpha value is -4.54. The summed E-state index contributed by atoms with van der Waals surface area (Å²) in [4.78, 5) is 58.3. The minimum atomic E-state index is -1.94. The van der Waals surface area contributed by atoms with E-state index >= 15 is 4.79 Å². The maximum Gasteiger partial charge on any atom is 0.418 e. The SMILES string of the molecule is CCCC[C@](C(=O)N[C@@H](CC(C)C)[C@@H](O)C=C(CCC)C(=O)NCC(C)C)(c1cccc2ccccc12)N(C(=O)OCc1ccccc1)C(=O)[C@H](C)N. The first-order valence-corrected chi connectivity index (χ1v) is 19.0. The third kappa shape index (κ3) is 11.5. The van der Waals surface area contributed by atoms with E-state index in [1.807, 2.05) is 90.1 Å². The number of nitrogens with two attached hydrogens (primary N) is 1. The molecule has 0 bridgehead atoms. The molecule has 3 aromatic carbocycles. The lowest BCUT2D eigenvalue weighted by Crippen LogP contribution is -2.64. The zero-order valence-electron chi connectivity index (χ0n) is 32.6. The van der Waals surface area contributed by atoms with Crippen molar-refractivity contribution in [2.24, 2.45) is 17.6 Å². The molecule has 53 heavy (non-hydrogen) atoms. The van der Waals surface area contributed by atoms with Crippen molar-refractivity contribution < 1.29 is 29.0 Å². The summed E-state index contributed by atoms with van der Waals surface area (Å²) in [5.74, 6) is -1.45. The quantitative estimate of drug-likeness (QED) is 0.0960. The Morgan fingerprint density at radius 3 is 2.17 bits per heavy atom. The normalized spacial score (nSPS) is 14.7. The zero-order valence-corrected chi connectivity index (χ0v) is 32.6. The van der Waals surface area contributed by atoms with Gasteiger partial charge in [0.05, 0.1) is 18.2 Å². The Kier molecular flexibility index (Phi) is 16.7. The smallest absolute Gasteiger partial charge is 0.418 e. The Balaban J connectivity index is 2.28. The predicted molar refractivity (Wildman–Crippen MR) is 211 cm³/mol. The average molecular weight is 729 g/mol.